The van der Waals surface area contributed by atoms with Gasteiger partial charge in [0, 0.05) is 23.7 Å². The summed E-state index contributed by atoms with van der Waals surface area (Å²) in [7, 11) is 6.53. The minimum absolute atomic E-state index is 0.0796. The van der Waals surface area contributed by atoms with Crippen LogP contribution in [0.3, 0.4) is 0 Å². The number of hydrogen-bond donors (Lipinski definition) is 2. The second-order valence-corrected chi connectivity index (χ2v) is 8.41. The van der Waals surface area contributed by atoms with E-state index in [2.05, 4.69) is 4.90 Å². The molecule has 8 heteroatoms. The lowest BCUT2D eigenvalue weighted by Crippen LogP contribution is -2.33. The summed E-state index contributed by atoms with van der Waals surface area (Å²) in [6.45, 7) is 0.819. The van der Waals surface area contributed by atoms with Crippen LogP contribution in [0.15, 0.2) is 42.5 Å². The number of methoxy groups -OCH3 is 3. The Bertz CT molecular complexity index is 1240. The fourth-order valence-corrected chi connectivity index (χ4v) is 4.47. The molecule has 0 spiro atoms. The zero-order valence-electron chi connectivity index (χ0n) is 20.2. The van der Waals surface area contributed by atoms with E-state index in [1.807, 2.05) is 19.2 Å². The second kappa shape index (κ2) is 10.1. The summed E-state index contributed by atoms with van der Waals surface area (Å²) in [5.74, 6) is 1.55. The van der Waals surface area contributed by atoms with Gasteiger partial charge in [-0.3, -0.25) is 9.69 Å². The van der Waals surface area contributed by atoms with E-state index >= 15 is 0 Å². The highest BCUT2D eigenvalue weighted by Gasteiger charge is 2.29. The van der Waals surface area contributed by atoms with Gasteiger partial charge in [0.25, 0.3) is 0 Å². The lowest BCUT2D eigenvalue weighted by molar-refractivity contribution is 0.112. The lowest BCUT2D eigenvalue weighted by atomic mass is 9.88. The number of nitrogens with zero attached hydrogens (tertiary/aromatic N) is 1. The Hall–Kier alpha value is -3.91. The molecule has 0 radical (unpaired) electrons. The molecule has 4 rings (SSSR count). The van der Waals surface area contributed by atoms with Gasteiger partial charge in [0.2, 0.25) is 5.75 Å². The van der Waals surface area contributed by atoms with Gasteiger partial charge in [-0.2, -0.15) is 0 Å². The number of likely N-dealkylation sites (N-methyl/N-ethyl adjacent to an activating group) is 1. The first-order valence-electron chi connectivity index (χ1n) is 11.2. The average molecular weight is 480 g/mol. The van der Waals surface area contributed by atoms with Crippen molar-refractivity contribution in [3.05, 3.63) is 64.7 Å². The van der Waals surface area contributed by atoms with Crippen LogP contribution in [0.1, 0.15) is 33.1 Å². The third-order valence-electron chi connectivity index (χ3n) is 6.41. The Kier molecular flexibility index (Phi) is 7.02. The highest BCUT2D eigenvalue weighted by Crippen LogP contribution is 2.46. The van der Waals surface area contributed by atoms with Gasteiger partial charge < -0.3 is 29.2 Å². The first kappa shape index (κ1) is 24.2. The van der Waals surface area contributed by atoms with Crippen LogP contribution in [0, 0.1) is 0 Å². The number of benzene rings is 3. The average Bonchev–Trinajstić information content (AvgIpc) is 2.87. The molecule has 2 N–H and O–H groups in total. The van der Waals surface area contributed by atoms with Gasteiger partial charge in [-0.1, -0.05) is 6.07 Å². The van der Waals surface area contributed by atoms with E-state index in [0.29, 0.717) is 35.5 Å². The van der Waals surface area contributed by atoms with Crippen LogP contribution in [0.25, 0.3) is 0 Å². The maximum atomic E-state index is 11.3. The molecule has 0 amide bonds. The molecule has 0 fully saturated rings. The van der Waals surface area contributed by atoms with Crippen molar-refractivity contribution in [3.63, 3.8) is 0 Å². The van der Waals surface area contributed by atoms with Crippen LogP contribution >= 0.6 is 0 Å². The SMILES string of the molecule is COc1cc2c(cc1O)C(Cc1ccc(OC)c(O)c1Oc1cc(C=O)ccc1OC)N(C)CC2. The van der Waals surface area contributed by atoms with Crippen molar-refractivity contribution < 1.29 is 34.0 Å². The van der Waals surface area contributed by atoms with Crippen molar-refractivity contribution >= 4 is 6.29 Å². The number of aldehydes is 1. The predicted octanol–water partition coefficient (Wildman–Crippen LogP) is 4.50. The molecular weight excluding hydrogens is 450 g/mol. The van der Waals surface area contributed by atoms with E-state index < -0.39 is 0 Å². The Morgan fingerprint density at radius 3 is 2.34 bits per heavy atom. The number of fused-ring (bicyclic) bond motifs is 1. The van der Waals surface area contributed by atoms with Crippen LogP contribution in [-0.4, -0.2) is 56.3 Å². The van der Waals surface area contributed by atoms with Crippen molar-refractivity contribution in [2.24, 2.45) is 0 Å². The van der Waals surface area contributed by atoms with Crippen LogP contribution < -0.4 is 18.9 Å². The number of phenols is 2. The fraction of sp³-hybridized carbons (Fsp3) is 0.296. The van der Waals surface area contributed by atoms with Crippen molar-refractivity contribution in [2.75, 3.05) is 34.9 Å². The summed E-state index contributed by atoms with van der Waals surface area (Å²) in [5.41, 5.74) is 3.22. The maximum absolute atomic E-state index is 11.3. The smallest absolute Gasteiger partial charge is 0.201 e. The molecule has 0 saturated carbocycles. The van der Waals surface area contributed by atoms with Crippen LogP contribution in [0.4, 0.5) is 0 Å². The van der Waals surface area contributed by atoms with Crippen LogP contribution in [0.5, 0.6) is 40.2 Å². The van der Waals surface area contributed by atoms with Crippen molar-refractivity contribution in [1.82, 2.24) is 4.90 Å². The number of carbonyl (C=O) groups is 1. The van der Waals surface area contributed by atoms with Gasteiger partial charge in [-0.25, -0.2) is 0 Å². The van der Waals surface area contributed by atoms with Crippen LogP contribution in [-0.2, 0) is 12.8 Å². The second-order valence-electron chi connectivity index (χ2n) is 8.41. The van der Waals surface area contributed by atoms with Gasteiger partial charge in [-0.15, -0.1) is 0 Å². The molecule has 3 aromatic rings. The van der Waals surface area contributed by atoms with Crippen molar-refractivity contribution in [3.8, 4) is 40.2 Å². The van der Waals surface area contributed by atoms with Gasteiger partial charge in [0.15, 0.2) is 34.5 Å². The number of carbonyl (C=O) groups excluding carboxylic acids is 1. The van der Waals surface area contributed by atoms with E-state index in [4.69, 9.17) is 18.9 Å². The van der Waals surface area contributed by atoms with E-state index in [1.54, 1.807) is 30.3 Å². The van der Waals surface area contributed by atoms with Crippen molar-refractivity contribution in [1.29, 1.82) is 0 Å². The lowest BCUT2D eigenvalue weighted by Gasteiger charge is -2.35. The summed E-state index contributed by atoms with van der Waals surface area (Å²) < 4.78 is 22.2. The van der Waals surface area contributed by atoms with Gasteiger partial charge in [-0.05, 0) is 67.4 Å². The number of rotatable bonds is 8. The van der Waals surface area contributed by atoms with E-state index in [0.717, 1.165) is 29.7 Å². The Morgan fingerprint density at radius 1 is 0.943 bits per heavy atom. The normalized spacial score (nSPS) is 15.3. The van der Waals surface area contributed by atoms with Crippen LogP contribution in [0.2, 0.25) is 0 Å². The molecule has 1 aliphatic rings. The predicted molar refractivity (Wildman–Crippen MR) is 131 cm³/mol. The van der Waals surface area contributed by atoms with Gasteiger partial charge in [0.1, 0.15) is 6.29 Å². The van der Waals surface area contributed by atoms with Crippen molar-refractivity contribution in [2.45, 2.75) is 18.9 Å². The summed E-state index contributed by atoms with van der Waals surface area (Å²) >= 11 is 0. The molecule has 8 nitrogen and oxygen atoms in total. The molecule has 0 bridgehead atoms. The summed E-state index contributed by atoms with van der Waals surface area (Å²) in [6, 6.07) is 11.9. The maximum Gasteiger partial charge on any atom is 0.201 e. The number of aromatic hydroxyl groups is 2. The molecule has 1 aliphatic heterocycles. The molecular formula is C27H29NO7. The molecule has 0 aromatic heterocycles. The quantitative estimate of drug-likeness (QED) is 0.456. The third kappa shape index (κ3) is 4.70. The van der Waals surface area contributed by atoms with E-state index in [9.17, 15) is 15.0 Å². The zero-order valence-corrected chi connectivity index (χ0v) is 20.2. The number of ether oxygens (including phenoxy) is 4. The first-order chi connectivity index (χ1) is 16.9. The monoisotopic (exact) mass is 479 g/mol. The summed E-state index contributed by atoms with van der Waals surface area (Å²) in [4.78, 5) is 13.5. The first-order valence-corrected chi connectivity index (χ1v) is 11.2. The molecule has 0 saturated heterocycles. The van der Waals surface area contributed by atoms with Gasteiger partial charge >= 0.3 is 0 Å². The zero-order chi connectivity index (χ0) is 25.1. The largest absolute Gasteiger partial charge is 0.504 e. The molecule has 35 heavy (non-hydrogen) atoms. The number of phenolic OH excluding ortho intramolecular Hbond substituents is 2. The Morgan fingerprint density at radius 2 is 1.66 bits per heavy atom. The third-order valence-corrected chi connectivity index (χ3v) is 6.41. The fourth-order valence-electron chi connectivity index (χ4n) is 4.47. The molecule has 1 unspecified atom stereocenters. The minimum Gasteiger partial charge on any atom is -0.504 e. The highest BCUT2D eigenvalue weighted by atomic mass is 16.5. The standard InChI is InChI=1S/C27H29NO7/c1-28-10-9-17-13-24(34-4)21(30)14-19(17)20(28)12-18-6-8-23(33-3)26(31)27(18)35-25-11-16(15-29)5-7-22(25)32-2/h5-8,11,13-15,20,30-31H,9-10,12H2,1-4H3. The topological polar surface area (TPSA) is 97.7 Å². The molecule has 1 heterocycles. The number of hydrogen-bond acceptors (Lipinski definition) is 8. The van der Waals surface area contributed by atoms with E-state index in [-0.39, 0.29) is 29.0 Å². The van der Waals surface area contributed by atoms with E-state index in [1.165, 1.54) is 21.3 Å². The Labute approximate surface area is 204 Å². The minimum atomic E-state index is -0.153. The van der Waals surface area contributed by atoms with Gasteiger partial charge in [0.05, 0.1) is 21.3 Å². The summed E-state index contributed by atoms with van der Waals surface area (Å²) in [6.07, 6.45) is 2.02. The Balaban J connectivity index is 1.78. The molecule has 1 atom stereocenters. The highest BCUT2D eigenvalue weighted by molar-refractivity contribution is 5.76. The molecule has 0 aliphatic carbocycles. The summed E-state index contributed by atoms with van der Waals surface area (Å²) in [5, 5.41) is 21.4. The molecule has 3 aromatic carbocycles. The molecule has 184 valence electrons.